The summed E-state index contributed by atoms with van der Waals surface area (Å²) >= 11 is 2.92. The average molecular weight is 528 g/mol. The van der Waals surface area contributed by atoms with Gasteiger partial charge in [-0.05, 0) is 55.7 Å². The molecule has 8 nitrogen and oxygen atoms in total. The van der Waals surface area contributed by atoms with Gasteiger partial charge in [0.1, 0.15) is 0 Å². The summed E-state index contributed by atoms with van der Waals surface area (Å²) in [6, 6.07) is 8.59. The van der Waals surface area contributed by atoms with Crippen LogP contribution in [0.5, 0.6) is 0 Å². The van der Waals surface area contributed by atoms with Crippen LogP contribution in [0.3, 0.4) is 0 Å². The molecule has 10 heteroatoms. The SMILES string of the molecule is CCN(CC)c1ccc(C2c3sc(=O)[nH]c3SC3C4CC(C5C(=O)N(CCC(=O)O)C(=O)C45)C23)cc1. The average Bonchev–Trinajstić information content (AvgIpc) is 3.58. The molecule has 0 radical (unpaired) electrons. The second kappa shape index (κ2) is 8.76. The summed E-state index contributed by atoms with van der Waals surface area (Å²) in [5, 5.41) is 10.1. The van der Waals surface area contributed by atoms with Gasteiger partial charge in [-0.2, -0.15) is 0 Å². The van der Waals surface area contributed by atoms with Gasteiger partial charge in [0.25, 0.3) is 0 Å². The number of nitrogens with one attached hydrogen (secondary N) is 1. The third-order valence-electron chi connectivity index (χ3n) is 8.75. The van der Waals surface area contributed by atoms with E-state index in [2.05, 4.69) is 48.0 Å². The standard InChI is InChI=1S/C26H29N3O5S2/c1-3-28(4-2)13-7-5-12(6-8-13)17-18-14-11-15(21(18)35-23-22(17)36-26(34)27-23)20-19(14)24(32)29(25(20)33)10-9-16(30)31/h5-8,14-15,17-21H,3-4,9-11H2,1-2H3,(H,27,34)(H,30,31). The first-order chi connectivity index (χ1) is 17.3. The number of aliphatic carboxylic acids is 1. The number of amides is 2. The predicted octanol–water partition coefficient (Wildman–Crippen LogP) is 3.23. The number of hydrogen-bond acceptors (Lipinski definition) is 7. The highest BCUT2D eigenvalue weighted by atomic mass is 32.2. The summed E-state index contributed by atoms with van der Waals surface area (Å²) < 4.78 is 0. The number of rotatable bonds is 7. The number of likely N-dealkylation sites (tertiary alicyclic amines) is 1. The van der Waals surface area contributed by atoms with Crippen molar-refractivity contribution < 1.29 is 19.5 Å². The van der Waals surface area contributed by atoms with Gasteiger partial charge in [-0.3, -0.25) is 24.1 Å². The van der Waals surface area contributed by atoms with E-state index in [1.807, 2.05) is 0 Å². The van der Waals surface area contributed by atoms with Crippen LogP contribution < -0.4 is 9.77 Å². The Morgan fingerprint density at radius 3 is 2.39 bits per heavy atom. The van der Waals surface area contributed by atoms with E-state index >= 15 is 0 Å². The molecule has 36 heavy (non-hydrogen) atoms. The van der Waals surface area contributed by atoms with Crippen molar-refractivity contribution in [3.63, 3.8) is 0 Å². The number of hydrogen-bond donors (Lipinski definition) is 2. The van der Waals surface area contributed by atoms with Crippen LogP contribution in [0.1, 0.15) is 43.0 Å². The molecule has 3 fully saturated rings. The number of benzene rings is 1. The first kappa shape index (κ1) is 23.8. The van der Waals surface area contributed by atoms with Gasteiger partial charge in [-0.15, -0.1) is 11.8 Å². The molecule has 2 N–H and O–H groups in total. The number of H-pyrrole nitrogens is 1. The molecular weight excluding hydrogens is 498 g/mol. The Labute approximate surface area is 217 Å². The summed E-state index contributed by atoms with van der Waals surface area (Å²) in [6.07, 6.45) is 0.600. The smallest absolute Gasteiger partial charge is 0.305 e. The second-order valence-corrected chi connectivity index (χ2v) is 12.4. The Bertz CT molecular complexity index is 1280. The van der Waals surface area contributed by atoms with Crippen molar-refractivity contribution in [2.24, 2.45) is 29.6 Å². The predicted molar refractivity (Wildman–Crippen MR) is 137 cm³/mol. The molecule has 2 aliphatic carbocycles. The molecule has 3 heterocycles. The molecular formula is C26H29N3O5S2. The molecule has 7 unspecified atom stereocenters. The Hall–Kier alpha value is -2.59. The Balaban J connectivity index is 1.38. The lowest BCUT2D eigenvalue weighted by Gasteiger charge is -2.43. The third-order valence-corrected chi connectivity index (χ3v) is 11.3. The number of imide groups is 1. The largest absolute Gasteiger partial charge is 0.481 e. The van der Waals surface area contributed by atoms with E-state index in [9.17, 15) is 19.2 Å². The zero-order valence-corrected chi connectivity index (χ0v) is 21.8. The fourth-order valence-electron chi connectivity index (χ4n) is 7.36. The first-order valence-corrected chi connectivity index (χ1v) is 14.3. The van der Waals surface area contributed by atoms with Gasteiger partial charge in [0.2, 0.25) is 11.8 Å². The minimum absolute atomic E-state index is 0.00660. The van der Waals surface area contributed by atoms with Crippen LogP contribution in [0.15, 0.2) is 34.1 Å². The number of nitrogens with zero attached hydrogens (tertiary/aromatic N) is 2. The van der Waals surface area contributed by atoms with E-state index in [1.54, 1.807) is 11.8 Å². The Morgan fingerprint density at radius 1 is 1.08 bits per heavy atom. The van der Waals surface area contributed by atoms with E-state index in [4.69, 9.17) is 5.11 Å². The summed E-state index contributed by atoms with van der Waals surface area (Å²) in [4.78, 5) is 57.7. The molecule has 4 aliphatic rings. The normalized spacial score (nSPS) is 31.9. The van der Waals surface area contributed by atoms with Gasteiger partial charge < -0.3 is 15.0 Å². The number of fused-ring (bicyclic) bond motifs is 9. The van der Waals surface area contributed by atoms with Crippen molar-refractivity contribution in [3.05, 3.63) is 44.4 Å². The maximum absolute atomic E-state index is 13.4. The lowest BCUT2D eigenvalue weighted by atomic mass is 9.68. The number of carbonyl (C=O) groups is 3. The number of aromatic amines is 1. The van der Waals surface area contributed by atoms with Gasteiger partial charge in [0, 0.05) is 41.4 Å². The molecule has 2 bridgehead atoms. The van der Waals surface area contributed by atoms with Crippen molar-refractivity contribution in [1.29, 1.82) is 0 Å². The van der Waals surface area contributed by atoms with Crippen LogP contribution in [0, 0.1) is 29.6 Å². The van der Waals surface area contributed by atoms with Crippen molar-refractivity contribution in [1.82, 2.24) is 9.88 Å². The van der Waals surface area contributed by atoms with E-state index in [0.29, 0.717) is 0 Å². The van der Waals surface area contributed by atoms with E-state index in [0.717, 1.165) is 40.7 Å². The number of thioether (sulfide) groups is 1. The van der Waals surface area contributed by atoms with Crippen LogP contribution >= 0.6 is 23.1 Å². The fraction of sp³-hybridized carbons (Fsp3) is 0.538. The molecule has 190 valence electrons. The van der Waals surface area contributed by atoms with E-state index in [1.165, 1.54) is 16.2 Å². The van der Waals surface area contributed by atoms with Crippen LogP contribution in [0.2, 0.25) is 0 Å². The lowest BCUT2D eigenvalue weighted by Crippen LogP contribution is -2.42. The zero-order chi connectivity index (χ0) is 25.3. The topological polar surface area (TPSA) is 111 Å². The Morgan fingerprint density at radius 2 is 1.75 bits per heavy atom. The van der Waals surface area contributed by atoms with E-state index < -0.39 is 5.97 Å². The Kier molecular flexibility index (Phi) is 5.79. The molecule has 1 aromatic carbocycles. The van der Waals surface area contributed by atoms with Gasteiger partial charge in [0.05, 0.1) is 23.3 Å². The molecule has 0 spiro atoms. The number of thiazole rings is 1. The highest BCUT2D eigenvalue weighted by Gasteiger charge is 2.69. The summed E-state index contributed by atoms with van der Waals surface area (Å²) in [5.74, 6) is -1.94. The van der Waals surface area contributed by atoms with Crippen molar-refractivity contribution >= 4 is 46.6 Å². The van der Waals surface area contributed by atoms with Crippen molar-refractivity contribution in [2.45, 2.75) is 42.9 Å². The number of anilines is 1. The molecule has 2 amide bonds. The number of carbonyl (C=O) groups excluding carboxylic acids is 2. The van der Waals surface area contributed by atoms with Gasteiger partial charge in [0.15, 0.2) is 0 Å². The number of carboxylic acid groups (broad SMARTS) is 1. The maximum Gasteiger partial charge on any atom is 0.305 e. The highest BCUT2D eigenvalue weighted by molar-refractivity contribution is 8.00. The highest BCUT2D eigenvalue weighted by Crippen LogP contribution is 2.68. The molecule has 6 rings (SSSR count). The summed E-state index contributed by atoms with van der Waals surface area (Å²) in [5.41, 5.74) is 2.30. The molecule has 1 aromatic heterocycles. The van der Waals surface area contributed by atoms with Crippen molar-refractivity contribution in [3.8, 4) is 0 Å². The number of carboxylic acids is 1. The quantitative estimate of drug-likeness (QED) is 0.532. The minimum atomic E-state index is -1.01. The summed E-state index contributed by atoms with van der Waals surface area (Å²) in [7, 11) is 0. The number of aromatic nitrogens is 1. The second-order valence-electron chi connectivity index (χ2n) is 10.2. The van der Waals surface area contributed by atoms with Crippen LogP contribution in [0.4, 0.5) is 5.69 Å². The molecule has 1 saturated heterocycles. The van der Waals surface area contributed by atoms with Crippen LogP contribution in [-0.4, -0.2) is 57.7 Å². The lowest BCUT2D eigenvalue weighted by molar-refractivity contribution is -0.142. The third kappa shape index (κ3) is 3.40. The van der Waals surface area contributed by atoms with Crippen molar-refractivity contribution in [2.75, 3.05) is 24.5 Å². The molecule has 2 aliphatic heterocycles. The zero-order valence-electron chi connectivity index (χ0n) is 20.2. The van der Waals surface area contributed by atoms with E-state index in [-0.39, 0.29) is 70.4 Å². The molecule has 2 saturated carbocycles. The van der Waals surface area contributed by atoms with Gasteiger partial charge in [-0.1, -0.05) is 23.5 Å². The molecule has 2 aromatic rings. The fourth-order valence-corrected chi connectivity index (χ4v) is 10.2. The van der Waals surface area contributed by atoms with Gasteiger partial charge in [-0.25, -0.2) is 0 Å². The first-order valence-electron chi connectivity index (χ1n) is 12.7. The molecule has 7 atom stereocenters. The minimum Gasteiger partial charge on any atom is -0.481 e. The van der Waals surface area contributed by atoms with Crippen LogP contribution in [-0.2, 0) is 14.4 Å². The van der Waals surface area contributed by atoms with Crippen LogP contribution in [0.25, 0.3) is 0 Å². The summed E-state index contributed by atoms with van der Waals surface area (Å²) in [6.45, 7) is 6.06. The van der Waals surface area contributed by atoms with Gasteiger partial charge >= 0.3 is 10.8 Å². The monoisotopic (exact) mass is 527 g/mol. The maximum atomic E-state index is 13.4.